The lowest BCUT2D eigenvalue weighted by Crippen LogP contribution is -2.14. The Bertz CT molecular complexity index is 467. The van der Waals surface area contributed by atoms with Crippen molar-refractivity contribution < 1.29 is 14.6 Å². The third-order valence-electron chi connectivity index (χ3n) is 4.98. The topological polar surface area (TPSA) is 46.5 Å². The maximum atomic E-state index is 12.1. The molecule has 0 aliphatic heterocycles. The van der Waals surface area contributed by atoms with E-state index in [-0.39, 0.29) is 11.7 Å². The van der Waals surface area contributed by atoms with Crippen molar-refractivity contribution in [3.8, 4) is 5.75 Å². The summed E-state index contributed by atoms with van der Waals surface area (Å²) in [5.41, 5.74) is 0.504. The van der Waals surface area contributed by atoms with Gasteiger partial charge in [0.15, 0.2) is 0 Å². The van der Waals surface area contributed by atoms with Crippen LogP contribution in [0.15, 0.2) is 24.3 Å². The van der Waals surface area contributed by atoms with Crippen molar-refractivity contribution in [3.63, 3.8) is 0 Å². The third-order valence-corrected chi connectivity index (χ3v) is 4.98. The van der Waals surface area contributed by atoms with Crippen molar-refractivity contribution >= 4 is 5.97 Å². The van der Waals surface area contributed by atoms with Crippen LogP contribution >= 0.6 is 0 Å². The zero-order valence-electron chi connectivity index (χ0n) is 16.8. The van der Waals surface area contributed by atoms with Gasteiger partial charge >= 0.3 is 5.97 Å². The van der Waals surface area contributed by atoms with E-state index in [1.165, 1.54) is 76.3 Å². The maximum absolute atomic E-state index is 12.1. The van der Waals surface area contributed by atoms with E-state index in [1.54, 1.807) is 12.1 Å². The first-order chi connectivity index (χ1) is 12.7. The molecule has 0 amide bonds. The molecule has 1 aromatic carbocycles. The number of hydrogen-bond acceptors (Lipinski definition) is 3. The summed E-state index contributed by atoms with van der Waals surface area (Å²) in [6.45, 7) is 4.97. The first-order valence-electron chi connectivity index (χ1n) is 10.6. The summed E-state index contributed by atoms with van der Waals surface area (Å²) in [6.07, 6.45) is 15.3. The van der Waals surface area contributed by atoms with Gasteiger partial charge in [-0.2, -0.15) is 0 Å². The maximum Gasteiger partial charge on any atom is 0.338 e. The van der Waals surface area contributed by atoms with E-state index in [9.17, 15) is 9.90 Å². The van der Waals surface area contributed by atoms with E-state index < -0.39 is 0 Å². The smallest absolute Gasteiger partial charge is 0.338 e. The molecule has 1 atom stereocenters. The van der Waals surface area contributed by atoms with Crippen molar-refractivity contribution in [1.29, 1.82) is 0 Å². The van der Waals surface area contributed by atoms with E-state index in [4.69, 9.17) is 4.74 Å². The van der Waals surface area contributed by atoms with E-state index in [2.05, 4.69) is 13.8 Å². The van der Waals surface area contributed by atoms with Crippen molar-refractivity contribution in [3.05, 3.63) is 29.8 Å². The molecular formula is C23H38O3. The first kappa shape index (κ1) is 22.5. The number of aromatic hydroxyl groups is 1. The Balaban J connectivity index is 2.25. The molecule has 0 saturated carbocycles. The Labute approximate surface area is 160 Å². The second-order valence-electron chi connectivity index (χ2n) is 7.42. The fraction of sp³-hybridized carbons (Fsp3) is 0.696. The predicted octanol–water partition coefficient (Wildman–Crippen LogP) is 6.89. The zero-order chi connectivity index (χ0) is 19.0. The van der Waals surface area contributed by atoms with Crippen LogP contribution in [0.2, 0.25) is 0 Å². The summed E-state index contributed by atoms with van der Waals surface area (Å²) in [4.78, 5) is 12.1. The average molecular weight is 363 g/mol. The minimum Gasteiger partial charge on any atom is -0.508 e. The van der Waals surface area contributed by atoms with E-state index >= 15 is 0 Å². The second kappa shape index (κ2) is 14.6. The van der Waals surface area contributed by atoms with Gasteiger partial charge in [0.2, 0.25) is 0 Å². The molecule has 0 aliphatic carbocycles. The Morgan fingerprint density at radius 3 is 2.00 bits per heavy atom. The predicted molar refractivity (Wildman–Crippen MR) is 109 cm³/mol. The number of esters is 1. The number of phenols is 1. The standard InChI is InChI=1S/C23H38O3/c1-3-5-7-8-9-10-11-12-14-20(13-6-4-2)19-26-23(25)21-15-17-22(24)18-16-21/h15-18,20,24H,3-14,19H2,1-2H3. The summed E-state index contributed by atoms with van der Waals surface area (Å²) in [5, 5.41) is 9.30. The van der Waals surface area contributed by atoms with E-state index in [1.807, 2.05) is 0 Å². The van der Waals surface area contributed by atoms with Crippen LogP contribution in [0.4, 0.5) is 0 Å². The molecule has 1 rings (SSSR count). The Morgan fingerprint density at radius 1 is 0.846 bits per heavy atom. The van der Waals surface area contributed by atoms with Gasteiger partial charge in [-0.1, -0.05) is 78.1 Å². The minimum absolute atomic E-state index is 0.164. The molecule has 26 heavy (non-hydrogen) atoms. The lowest BCUT2D eigenvalue weighted by Gasteiger charge is -2.17. The molecule has 0 heterocycles. The van der Waals surface area contributed by atoms with Crippen LogP contribution < -0.4 is 0 Å². The largest absolute Gasteiger partial charge is 0.508 e. The highest BCUT2D eigenvalue weighted by Crippen LogP contribution is 2.19. The van der Waals surface area contributed by atoms with Crippen LogP contribution in [0.3, 0.4) is 0 Å². The number of phenolic OH excluding ortho intramolecular Hbond substituents is 1. The van der Waals surface area contributed by atoms with Crippen LogP contribution in [0.1, 0.15) is 101 Å². The normalized spacial score (nSPS) is 12.1. The van der Waals surface area contributed by atoms with Gasteiger partial charge in [0.05, 0.1) is 12.2 Å². The fourth-order valence-electron chi connectivity index (χ4n) is 3.25. The molecule has 3 heteroatoms. The summed E-state index contributed by atoms with van der Waals surface area (Å²) in [7, 11) is 0. The molecule has 0 radical (unpaired) electrons. The fourth-order valence-corrected chi connectivity index (χ4v) is 3.25. The molecule has 0 aliphatic rings. The number of benzene rings is 1. The van der Waals surface area contributed by atoms with Gasteiger partial charge in [-0.15, -0.1) is 0 Å². The number of hydrogen-bond donors (Lipinski definition) is 1. The molecule has 0 bridgehead atoms. The zero-order valence-corrected chi connectivity index (χ0v) is 16.8. The molecule has 148 valence electrons. The van der Waals surface area contributed by atoms with Gasteiger partial charge in [-0.05, 0) is 43.0 Å². The van der Waals surface area contributed by atoms with Crippen LogP contribution in [-0.4, -0.2) is 17.7 Å². The molecule has 0 saturated heterocycles. The Morgan fingerprint density at radius 2 is 1.38 bits per heavy atom. The van der Waals surface area contributed by atoms with Gasteiger partial charge in [-0.25, -0.2) is 4.79 Å². The highest BCUT2D eigenvalue weighted by molar-refractivity contribution is 5.89. The third kappa shape index (κ3) is 10.5. The highest BCUT2D eigenvalue weighted by Gasteiger charge is 2.13. The van der Waals surface area contributed by atoms with Crippen LogP contribution in [-0.2, 0) is 4.74 Å². The van der Waals surface area contributed by atoms with Crippen LogP contribution in [0.25, 0.3) is 0 Å². The summed E-state index contributed by atoms with van der Waals surface area (Å²) >= 11 is 0. The van der Waals surface area contributed by atoms with Crippen molar-refractivity contribution in [2.24, 2.45) is 5.92 Å². The number of rotatable bonds is 15. The Hall–Kier alpha value is -1.51. The van der Waals surface area contributed by atoms with Gasteiger partial charge in [0.1, 0.15) is 5.75 Å². The lowest BCUT2D eigenvalue weighted by molar-refractivity contribution is 0.0422. The molecule has 0 aromatic heterocycles. The van der Waals surface area contributed by atoms with Crippen molar-refractivity contribution in [2.75, 3.05) is 6.61 Å². The van der Waals surface area contributed by atoms with Crippen LogP contribution in [0.5, 0.6) is 5.75 Å². The van der Waals surface area contributed by atoms with Gasteiger partial charge < -0.3 is 9.84 Å². The van der Waals surface area contributed by atoms with Crippen LogP contribution in [0, 0.1) is 5.92 Å². The average Bonchev–Trinajstić information content (AvgIpc) is 2.65. The first-order valence-corrected chi connectivity index (χ1v) is 10.6. The quantitative estimate of drug-likeness (QED) is 0.273. The number of carbonyl (C=O) groups is 1. The van der Waals surface area contributed by atoms with Gasteiger partial charge in [0, 0.05) is 0 Å². The second-order valence-corrected chi connectivity index (χ2v) is 7.42. The molecule has 3 nitrogen and oxygen atoms in total. The SMILES string of the molecule is CCCCCCCCCCC(CCCC)COC(=O)c1ccc(O)cc1. The van der Waals surface area contributed by atoms with Crippen molar-refractivity contribution in [1.82, 2.24) is 0 Å². The van der Waals surface area contributed by atoms with E-state index in [0.717, 1.165) is 12.8 Å². The highest BCUT2D eigenvalue weighted by atomic mass is 16.5. The summed E-state index contributed by atoms with van der Waals surface area (Å²) < 4.78 is 5.53. The molecule has 1 N–H and O–H groups in total. The molecule has 1 aromatic rings. The van der Waals surface area contributed by atoms with E-state index in [0.29, 0.717) is 18.1 Å². The number of unbranched alkanes of at least 4 members (excludes halogenated alkanes) is 8. The summed E-state index contributed by atoms with van der Waals surface area (Å²) in [5.74, 6) is 0.343. The lowest BCUT2D eigenvalue weighted by atomic mass is 9.95. The number of ether oxygens (including phenoxy) is 1. The molecule has 0 fully saturated rings. The minimum atomic E-state index is -0.289. The van der Waals surface area contributed by atoms with Gasteiger partial charge in [0.25, 0.3) is 0 Å². The molecular weight excluding hydrogens is 324 g/mol. The van der Waals surface area contributed by atoms with Crippen molar-refractivity contribution in [2.45, 2.75) is 90.9 Å². The summed E-state index contributed by atoms with van der Waals surface area (Å²) in [6, 6.07) is 6.26. The number of carbonyl (C=O) groups excluding carboxylic acids is 1. The monoisotopic (exact) mass is 362 g/mol. The molecule has 1 unspecified atom stereocenters. The Kier molecular flexibility index (Phi) is 12.7. The van der Waals surface area contributed by atoms with Gasteiger partial charge in [-0.3, -0.25) is 0 Å². The molecule has 0 spiro atoms.